The van der Waals surface area contributed by atoms with Gasteiger partial charge < -0.3 is 21.1 Å². The Morgan fingerprint density at radius 3 is 2.21 bits per heavy atom. The Labute approximate surface area is 215 Å². The van der Waals surface area contributed by atoms with E-state index >= 15 is 0 Å². The average Bonchev–Trinajstić information content (AvgIpc) is 3.31. The van der Waals surface area contributed by atoms with Crippen LogP contribution in [0.1, 0.15) is 50.9 Å². The predicted octanol–water partition coefficient (Wildman–Crippen LogP) is 4.58. The number of hydrogen-bond acceptors (Lipinski definition) is 5. The molecule has 9 nitrogen and oxygen atoms in total. The molecule has 2 aromatic rings. The quantitative estimate of drug-likeness (QED) is 0.430. The van der Waals surface area contributed by atoms with Crippen molar-refractivity contribution in [3.05, 3.63) is 29.7 Å². The first-order valence-corrected chi connectivity index (χ1v) is 11.1. The molecule has 1 aliphatic rings. The molecule has 3 heterocycles. The number of nitrogens with two attached hydrogens (primary N) is 1. The van der Waals surface area contributed by atoms with E-state index in [1.54, 1.807) is 6.07 Å². The van der Waals surface area contributed by atoms with E-state index in [-0.39, 0.29) is 19.4 Å². The number of rotatable bonds is 6. The molecule has 0 bridgehead atoms. The van der Waals surface area contributed by atoms with E-state index in [0.717, 1.165) is 25.7 Å². The van der Waals surface area contributed by atoms with Gasteiger partial charge in [0.25, 0.3) is 0 Å². The third-order valence-corrected chi connectivity index (χ3v) is 6.04. The highest BCUT2D eigenvalue weighted by Crippen LogP contribution is 2.42. The van der Waals surface area contributed by atoms with Gasteiger partial charge in [-0.25, -0.2) is 19.1 Å². The molecule has 1 fully saturated rings. The minimum absolute atomic E-state index is 0.0488. The number of carbonyl (C=O) groups excluding carboxylic acids is 1. The van der Waals surface area contributed by atoms with Crippen molar-refractivity contribution in [1.29, 1.82) is 0 Å². The lowest BCUT2D eigenvalue weighted by molar-refractivity contribution is -0.214. The minimum atomic E-state index is -5.08. The number of carboxylic acid groups (broad SMARTS) is 1. The van der Waals surface area contributed by atoms with Crippen LogP contribution in [0.25, 0.3) is 5.65 Å². The number of carbonyl (C=O) groups is 2. The molecule has 2 atom stereocenters. The normalized spacial score (nSPS) is 19.5. The zero-order valence-corrected chi connectivity index (χ0v) is 20.7. The van der Waals surface area contributed by atoms with Crippen molar-refractivity contribution in [1.82, 2.24) is 24.8 Å². The fourth-order valence-corrected chi connectivity index (χ4v) is 3.32. The van der Waals surface area contributed by atoms with Crippen molar-refractivity contribution in [3.8, 4) is 0 Å². The molecule has 0 aliphatic carbocycles. The van der Waals surface area contributed by atoms with E-state index in [1.165, 1.54) is 16.9 Å². The molecule has 3 rings (SSSR count). The number of halogens is 9. The fraction of sp³-hybridized carbons (Fsp3) is 0.619. The molecule has 0 radical (unpaired) electrons. The number of carboxylic acids is 1. The maximum absolute atomic E-state index is 13.2. The summed E-state index contributed by atoms with van der Waals surface area (Å²) in [5.74, 6) is -2.76. The summed E-state index contributed by atoms with van der Waals surface area (Å²) in [7, 11) is 0. The number of alkyl halides is 9. The molecule has 0 aromatic carbocycles. The zero-order chi connectivity index (χ0) is 30.2. The van der Waals surface area contributed by atoms with Gasteiger partial charge in [-0.2, -0.15) is 44.6 Å². The van der Waals surface area contributed by atoms with Gasteiger partial charge in [0.05, 0.1) is 30.0 Å². The number of aliphatic carboxylic acids is 1. The van der Waals surface area contributed by atoms with E-state index in [9.17, 15) is 44.3 Å². The number of nitrogens with zero attached hydrogens (tertiary/aromatic N) is 4. The summed E-state index contributed by atoms with van der Waals surface area (Å²) in [4.78, 5) is 26.2. The maximum Gasteiger partial charge on any atom is 0.490 e. The maximum atomic E-state index is 13.2. The monoisotopic (exact) mass is 580 g/mol. The molecule has 4 N–H and O–H groups in total. The number of fused-ring (bicyclic) bond motifs is 1. The highest BCUT2D eigenvalue weighted by atomic mass is 19.4. The molecule has 220 valence electrons. The first kappa shape index (κ1) is 31.9. The molecular formula is C21H25F9N6O3. The van der Waals surface area contributed by atoms with Gasteiger partial charge in [-0.3, -0.25) is 0 Å². The Hall–Kier alpha value is -3.31. The molecule has 0 unspecified atom stereocenters. The average molecular weight is 580 g/mol. The molecular weight excluding hydrogens is 555 g/mol. The first-order chi connectivity index (χ1) is 17.5. The van der Waals surface area contributed by atoms with Crippen LogP contribution in [0.4, 0.5) is 44.3 Å². The van der Waals surface area contributed by atoms with Gasteiger partial charge in [0.1, 0.15) is 0 Å². The Kier molecular flexibility index (Phi) is 8.75. The molecule has 18 heteroatoms. The summed E-state index contributed by atoms with van der Waals surface area (Å²) in [5, 5.41) is 13.2. The molecule has 2 aromatic heterocycles. The number of imidazole rings is 1. The van der Waals surface area contributed by atoms with E-state index in [2.05, 4.69) is 10.1 Å². The fourth-order valence-electron chi connectivity index (χ4n) is 3.32. The van der Waals surface area contributed by atoms with Crippen LogP contribution >= 0.6 is 0 Å². The Morgan fingerprint density at radius 2 is 1.74 bits per heavy atom. The molecule has 1 aliphatic heterocycles. The topological polar surface area (TPSA) is 126 Å². The second-order valence-corrected chi connectivity index (χ2v) is 9.78. The van der Waals surface area contributed by atoms with E-state index < -0.39 is 54.1 Å². The summed E-state index contributed by atoms with van der Waals surface area (Å²) >= 11 is 0. The summed E-state index contributed by atoms with van der Waals surface area (Å²) < 4.78 is 112. The van der Waals surface area contributed by atoms with Gasteiger partial charge in [0, 0.05) is 12.6 Å². The Bertz CT molecular complexity index is 1190. The molecule has 0 saturated carbocycles. The SMILES string of the molecule is CC(C)(CC[C@H](N)c1cn2ncc(CN3C[C@@](C)(C(F)(F)F)NC3=O)cc2n1)C(F)(F)F.O=C(O)C(F)(F)F. The summed E-state index contributed by atoms with van der Waals surface area (Å²) in [5.41, 5.74) is 2.90. The van der Waals surface area contributed by atoms with Crippen molar-refractivity contribution in [2.24, 2.45) is 11.1 Å². The van der Waals surface area contributed by atoms with Crippen molar-refractivity contribution in [3.63, 3.8) is 0 Å². The zero-order valence-electron chi connectivity index (χ0n) is 20.7. The van der Waals surface area contributed by atoms with Crippen LogP contribution in [0.2, 0.25) is 0 Å². The molecule has 0 spiro atoms. The third kappa shape index (κ3) is 7.63. The summed E-state index contributed by atoms with van der Waals surface area (Å²) in [6.07, 6.45) is -11.3. The van der Waals surface area contributed by atoms with Gasteiger partial charge in [-0.15, -0.1) is 0 Å². The Balaban J connectivity index is 0.000000673. The third-order valence-electron chi connectivity index (χ3n) is 6.04. The second-order valence-electron chi connectivity index (χ2n) is 9.78. The summed E-state index contributed by atoms with van der Waals surface area (Å²) in [6.45, 7) is 2.45. The molecule has 1 saturated heterocycles. The van der Waals surface area contributed by atoms with E-state index in [0.29, 0.717) is 16.9 Å². The highest BCUT2D eigenvalue weighted by Gasteiger charge is 2.57. The van der Waals surface area contributed by atoms with Crippen molar-refractivity contribution < 1.29 is 54.2 Å². The smallest absolute Gasteiger partial charge is 0.475 e. The lowest BCUT2D eigenvalue weighted by atomic mass is 9.85. The van der Waals surface area contributed by atoms with Gasteiger partial charge >= 0.3 is 30.5 Å². The highest BCUT2D eigenvalue weighted by molar-refractivity contribution is 5.78. The lowest BCUT2D eigenvalue weighted by Gasteiger charge is -2.28. The number of hydrogen-bond donors (Lipinski definition) is 3. The van der Waals surface area contributed by atoms with Gasteiger partial charge in [-0.05, 0) is 31.4 Å². The minimum Gasteiger partial charge on any atom is -0.475 e. The van der Waals surface area contributed by atoms with Gasteiger partial charge in [0.2, 0.25) is 0 Å². The first-order valence-electron chi connectivity index (χ1n) is 11.1. The van der Waals surface area contributed by atoms with Crippen LogP contribution < -0.4 is 11.1 Å². The number of urea groups is 1. The van der Waals surface area contributed by atoms with Crippen LogP contribution in [-0.2, 0) is 11.3 Å². The van der Waals surface area contributed by atoms with Crippen LogP contribution in [0.3, 0.4) is 0 Å². The lowest BCUT2D eigenvalue weighted by Crippen LogP contribution is -2.53. The van der Waals surface area contributed by atoms with Crippen molar-refractivity contribution in [2.75, 3.05) is 6.54 Å². The van der Waals surface area contributed by atoms with Gasteiger partial charge in [-0.1, -0.05) is 13.8 Å². The Morgan fingerprint density at radius 1 is 1.18 bits per heavy atom. The number of amides is 2. The van der Waals surface area contributed by atoms with Gasteiger partial charge in [0.15, 0.2) is 11.2 Å². The number of aromatic nitrogens is 3. The molecule has 2 amide bonds. The second kappa shape index (κ2) is 10.7. The number of nitrogens with one attached hydrogen (secondary N) is 1. The molecule has 39 heavy (non-hydrogen) atoms. The van der Waals surface area contributed by atoms with Crippen LogP contribution in [0, 0.1) is 5.41 Å². The largest absolute Gasteiger partial charge is 0.490 e. The van der Waals surface area contributed by atoms with E-state index in [4.69, 9.17) is 15.6 Å². The van der Waals surface area contributed by atoms with E-state index in [1.807, 2.05) is 5.32 Å². The standard InChI is InChI=1S/C19H24F6N6O.C2HF3O2/c1-16(2,18(20,21)22)5-4-12(26)13-9-31-14(28-13)6-11(7-27-31)8-30-10-17(3,19(23,24)25)29-15(30)32;3-2(4,5)1(6)7/h6-7,9,12H,4-5,8,10,26H2,1-3H3,(H,29,32);(H,6,7)/t12-,17-;/m0./s1. The van der Waals surface area contributed by atoms with Crippen molar-refractivity contribution >= 4 is 17.6 Å². The summed E-state index contributed by atoms with van der Waals surface area (Å²) in [6, 6.07) is -0.0546. The van der Waals surface area contributed by atoms with Crippen molar-refractivity contribution in [2.45, 2.75) is 70.3 Å². The predicted molar refractivity (Wildman–Crippen MR) is 116 cm³/mol. The van der Waals surface area contributed by atoms with Crippen LogP contribution in [-0.4, -0.2) is 67.2 Å². The van der Waals surface area contributed by atoms with Crippen LogP contribution in [0.15, 0.2) is 18.5 Å². The van der Waals surface area contributed by atoms with Crippen LogP contribution in [0.5, 0.6) is 0 Å².